The van der Waals surface area contributed by atoms with Gasteiger partial charge in [0, 0.05) is 59.4 Å². The van der Waals surface area contributed by atoms with Crippen LogP contribution >= 0.6 is 0 Å². The van der Waals surface area contributed by atoms with Gasteiger partial charge in [0.2, 0.25) is 12.3 Å². The number of carbonyl (C=O) groups excluding carboxylic acids is 6. The Morgan fingerprint density at radius 1 is 0.839 bits per heavy atom. The first kappa shape index (κ1) is 52.8. The molecule has 2 heterocycles. The molecule has 0 saturated carbocycles. The molecule has 2 aromatic heterocycles. The Kier molecular flexibility index (Phi) is 23.5. The van der Waals surface area contributed by atoms with Gasteiger partial charge in [-0.25, -0.2) is 9.78 Å². The molecule has 0 fully saturated rings. The largest absolute Gasteiger partial charge is 0.466 e. The van der Waals surface area contributed by atoms with E-state index in [0.29, 0.717) is 44.2 Å². The summed E-state index contributed by atoms with van der Waals surface area (Å²) in [6, 6.07) is 0. The molecule has 0 radical (unpaired) electrons. The number of esters is 2. The number of aromatic nitrogens is 2. The second-order valence-corrected chi connectivity index (χ2v) is 15.3. The topological polar surface area (TPSA) is 250 Å². The van der Waals surface area contributed by atoms with Crippen molar-refractivity contribution in [3.8, 4) is 11.6 Å². The van der Waals surface area contributed by atoms with E-state index in [0.717, 1.165) is 6.26 Å². The number of nitrogens with zero attached hydrogens (tertiary/aromatic N) is 3. The molecule has 2 amide bonds. The van der Waals surface area contributed by atoms with Crippen molar-refractivity contribution in [1.82, 2.24) is 14.9 Å². The molecule has 62 heavy (non-hydrogen) atoms. The summed E-state index contributed by atoms with van der Waals surface area (Å²) < 4.78 is 38.1. The van der Waals surface area contributed by atoms with Crippen LogP contribution in [0.2, 0.25) is 0 Å². The van der Waals surface area contributed by atoms with Crippen LogP contribution in [0.15, 0.2) is 57.9 Å². The lowest BCUT2D eigenvalue weighted by atomic mass is 9.86. The van der Waals surface area contributed by atoms with E-state index in [1.165, 1.54) is 43.6 Å². The lowest BCUT2D eigenvalue weighted by Crippen LogP contribution is -2.34. The van der Waals surface area contributed by atoms with Crippen LogP contribution < -0.4 is 5.73 Å². The first-order chi connectivity index (χ1) is 29.5. The summed E-state index contributed by atoms with van der Waals surface area (Å²) in [5.74, 6) is -3.99. The third kappa shape index (κ3) is 17.6. The number of primary amides is 1. The van der Waals surface area contributed by atoms with Crippen molar-refractivity contribution in [2.24, 2.45) is 29.4 Å². The molecule has 0 aliphatic rings. The predicted molar refractivity (Wildman–Crippen MR) is 225 cm³/mol. The summed E-state index contributed by atoms with van der Waals surface area (Å²) in [7, 11) is 7.43. The third-order valence-corrected chi connectivity index (χ3v) is 10.6. The number of rotatable bonds is 31. The highest BCUT2D eigenvalue weighted by molar-refractivity contribution is 5.92. The molecule has 2 aromatic rings. The van der Waals surface area contributed by atoms with Crippen LogP contribution in [-0.4, -0.2) is 116 Å². The summed E-state index contributed by atoms with van der Waals surface area (Å²) in [5, 5.41) is 10.8. The van der Waals surface area contributed by atoms with Crippen LogP contribution in [0.3, 0.4) is 0 Å². The zero-order chi connectivity index (χ0) is 46.4. The minimum absolute atomic E-state index is 0.0214. The van der Waals surface area contributed by atoms with Gasteiger partial charge >= 0.3 is 17.8 Å². The zero-order valence-electron chi connectivity index (χ0n) is 37.2. The van der Waals surface area contributed by atoms with Gasteiger partial charge in [-0.2, -0.15) is 4.98 Å². The second-order valence-electron chi connectivity index (χ2n) is 15.3. The standard InChI is InChI=1S/C44H64N4O14/c1-27(14-10-11-18-39(53)58-8)38(23-37(57-7)28(2)19-20-35(52)29(3)36(56-6)17-13-21-48(5)26-49)62-40(54)22-31(50)15-12-16-34(51)30(4)41(59-9)32-24-60-43(46-32)33-25-61-44(47-33)42(45)55/h11-13,16,18,21,24-31,36-38,41,50H,10,14-15,17,19-20,22-23H2,1-9H3,(H2,45,55)/b16-12+,18-11+,21-13+. The van der Waals surface area contributed by atoms with Crippen molar-refractivity contribution in [2.75, 3.05) is 35.5 Å². The van der Waals surface area contributed by atoms with Crippen molar-refractivity contribution >= 4 is 35.8 Å². The van der Waals surface area contributed by atoms with E-state index in [1.807, 2.05) is 20.8 Å². The van der Waals surface area contributed by atoms with Crippen LogP contribution in [0.4, 0.5) is 0 Å². The van der Waals surface area contributed by atoms with E-state index in [1.54, 1.807) is 46.5 Å². The number of ketones is 2. The molecule has 0 aliphatic heterocycles. The maximum atomic E-state index is 13.3. The van der Waals surface area contributed by atoms with Crippen LogP contribution in [0.25, 0.3) is 11.6 Å². The lowest BCUT2D eigenvalue weighted by Gasteiger charge is -2.31. The fourth-order valence-corrected chi connectivity index (χ4v) is 6.61. The van der Waals surface area contributed by atoms with Crippen molar-refractivity contribution < 1.29 is 66.4 Å². The number of ether oxygens (including phenoxy) is 5. The Morgan fingerprint density at radius 3 is 2.15 bits per heavy atom. The number of hydrogen-bond acceptors (Lipinski definition) is 16. The van der Waals surface area contributed by atoms with Crippen LogP contribution in [-0.2, 0) is 47.7 Å². The van der Waals surface area contributed by atoms with Gasteiger partial charge in [0.05, 0.1) is 37.8 Å². The molecule has 18 heteroatoms. The van der Waals surface area contributed by atoms with Gasteiger partial charge in [-0.05, 0) is 50.0 Å². The van der Waals surface area contributed by atoms with E-state index in [2.05, 4.69) is 14.7 Å². The van der Waals surface area contributed by atoms with Gasteiger partial charge in [-0.3, -0.25) is 24.0 Å². The van der Waals surface area contributed by atoms with Gasteiger partial charge in [0.1, 0.15) is 36.2 Å². The van der Waals surface area contributed by atoms with Gasteiger partial charge in [-0.15, -0.1) is 0 Å². The molecule has 3 N–H and O–H groups in total. The average molecular weight is 873 g/mol. The SMILES string of the molecule is COC(=O)/C=C/CCC(C)C(CC(OC)C(C)CCC(=O)C(C)C(C/C=C/N(C)C=O)OC)OC(=O)CC(O)C/C=C/C(=O)C(C)C(OC)c1coc(-c2coc(C(N)=O)n2)n1. The Hall–Kier alpha value is -5.30. The number of allylic oxidation sites excluding steroid dienone is 2. The van der Waals surface area contributed by atoms with E-state index < -0.39 is 48.0 Å². The van der Waals surface area contributed by atoms with Crippen molar-refractivity contribution in [2.45, 2.75) is 110 Å². The molecule has 9 atom stereocenters. The predicted octanol–water partition coefficient (Wildman–Crippen LogP) is 5.11. The van der Waals surface area contributed by atoms with Crippen LogP contribution in [0, 0.1) is 23.7 Å². The van der Waals surface area contributed by atoms with E-state index in [9.17, 15) is 33.9 Å². The zero-order valence-corrected chi connectivity index (χ0v) is 37.2. The van der Waals surface area contributed by atoms with Crippen molar-refractivity contribution in [3.63, 3.8) is 0 Å². The molecule has 0 aliphatic carbocycles. The fraction of sp³-hybridized carbons (Fsp3) is 0.591. The normalized spacial score (nSPS) is 16.3. The highest BCUT2D eigenvalue weighted by atomic mass is 16.5. The Balaban J connectivity index is 2.05. The minimum Gasteiger partial charge on any atom is -0.466 e. The number of oxazole rings is 2. The van der Waals surface area contributed by atoms with Gasteiger partial charge in [0.15, 0.2) is 11.5 Å². The number of aliphatic hydroxyl groups excluding tert-OH is 1. The quantitative estimate of drug-likeness (QED) is 0.0567. The highest BCUT2D eigenvalue weighted by Gasteiger charge is 2.31. The first-order valence-electron chi connectivity index (χ1n) is 20.5. The molecule has 344 valence electrons. The molecule has 18 nitrogen and oxygen atoms in total. The summed E-state index contributed by atoms with van der Waals surface area (Å²) in [5.41, 5.74) is 5.61. The molecular weight excluding hydrogens is 808 g/mol. The highest BCUT2D eigenvalue weighted by Crippen LogP contribution is 2.30. The molecular formula is C44H64N4O14. The number of methoxy groups -OCH3 is 4. The number of amides is 2. The van der Waals surface area contributed by atoms with Crippen molar-refractivity contribution in [1.29, 1.82) is 0 Å². The number of hydrogen-bond donors (Lipinski definition) is 2. The fourth-order valence-electron chi connectivity index (χ4n) is 6.61. The molecule has 2 rings (SSSR count). The van der Waals surface area contributed by atoms with Crippen LogP contribution in [0.5, 0.6) is 0 Å². The minimum atomic E-state index is -1.16. The monoisotopic (exact) mass is 872 g/mol. The van der Waals surface area contributed by atoms with E-state index in [-0.39, 0.29) is 72.3 Å². The molecule has 0 spiro atoms. The number of nitrogens with two attached hydrogens (primary N) is 1. The van der Waals surface area contributed by atoms with Gasteiger partial charge in [-0.1, -0.05) is 45.9 Å². The number of Topliss-reactive ketones (excluding diaryl/α,β-unsaturated/α-hetero) is 1. The smallest absolute Gasteiger partial charge is 0.330 e. The molecule has 0 bridgehead atoms. The van der Waals surface area contributed by atoms with Gasteiger partial charge in [0.25, 0.3) is 5.89 Å². The Labute approximate surface area is 363 Å². The summed E-state index contributed by atoms with van der Waals surface area (Å²) in [6.07, 6.45) is 11.2. The van der Waals surface area contributed by atoms with Crippen LogP contribution in [0.1, 0.15) is 102 Å². The van der Waals surface area contributed by atoms with E-state index >= 15 is 0 Å². The Bertz CT molecular complexity index is 1820. The maximum Gasteiger partial charge on any atom is 0.330 e. The molecule has 0 saturated heterocycles. The Morgan fingerprint density at radius 2 is 1.53 bits per heavy atom. The first-order valence-corrected chi connectivity index (χ1v) is 20.5. The maximum absolute atomic E-state index is 13.3. The second kappa shape index (κ2) is 27.6. The summed E-state index contributed by atoms with van der Waals surface area (Å²) >= 11 is 0. The molecule has 9 unspecified atom stereocenters. The molecule has 0 aromatic carbocycles. The number of aliphatic hydroxyl groups is 1. The summed E-state index contributed by atoms with van der Waals surface area (Å²) in [4.78, 5) is 83.0. The van der Waals surface area contributed by atoms with Gasteiger partial charge < -0.3 is 48.3 Å². The lowest BCUT2D eigenvalue weighted by molar-refractivity contribution is -0.156. The third-order valence-electron chi connectivity index (χ3n) is 10.6. The number of carbonyl (C=O) groups is 6. The summed E-state index contributed by atoms with van der Waals surface area (Å²) in [6.45, 7) is 7.35. The van der Waals surface area contributed by atoms with Crippen molar-refractivity contribution in [3.05, 3.63) is 60.7 Å². The average Bonchev–Trinajstić information content (AvgIpc) is 3.95. The van der Waals surface area contributed by atoms with E-state index in [4.69, 9.17) is 33.5 Å².